The molecule has 0 aliphatic rings. The number of aliphatic hydroxyl groups excluding tert-OH is 1. The highest BCUT2D eigenvalue weighted by Crippen LogP contribution is 2.29. The van der Waals surface area contributed by atoms with Crippen LogP contribution in [0.3, 0.4) is 0 Å². The third kappa shape index (κ3) is 2.33. The number of pyridine rings is 1. The number of aromatic nitrogens is 4. The number of nitrogens with zero attached hydrogens (tertiary/aromatic N) is 4. The maximum Gasteiger partial charge on any atom is 0.417 e. The van der Waals surface area contributed by atoms with Gasteiger partial charge in [0.1, 0.15) is 6.10 Å². The molecule has 8 heteroatoms. The van der Waals surface area contributed by atoms with E-state index in [0.717, 1.165) is 12.1 Å². The van der Waals surface area contributed by atoms with Crippen LogP contribution in [0.15, 0.2) is 24.5 Å². The molecule has 1 atom stereocenters. The van der Waals surface area contributed by atoms with E-state index in [-0.39, 0.29) is 5.69 Å². The van der Waals surface area contributed by atoms with Crippen molar-refractivity contribution in [2.24, 2.45) is 7.05 Å². The summed E-state index contributed by atoms with van der Waals surface area (Å²) in [7, 11) is 1.57. The molecular weight excluding hydrogens is 249 g/mol. The van der Waals surface area contributed by atoms with E-state index in [1.807, 2.05) is 0 Å². The van der Waals surface area contributed by atoms with Crippen LogP contribution in [0, 0.1) is 0 Å². The van der Waals surface area contributed by atoms with E-state index in [2.05, 4.69) is 15.3 Å². The van der Waals surface area contributed by atoms with Crippen LogP contribution in [0.25, 0.3) is 0 Å². The van der Waals surface area contributed by atoms with E-state index >= 15 is 0 Å². The first-order valence-electron chi connectivity index (χ1n) is 4.95. The van der Waals surface area contributed by atoms with Crippen LogP contribution >= 0.6 is 0 Å². The van der Waals surface area contributed by atoms with Gasteiger partial charge in [0.25, 0.3) is 0 Å². The monoisotopic (exact) mass is 258 g/mol. The second kappa shape index (κ2) is 4.37. The van der Waals surface area contributed by atoms with Crippen molar-refractivity contribution < 1.29 is 18.3 Å². The minimum absolute atomic E-state index is 0.105. The van der Waals surface area contributed by atoms with Gasteiger partial charge in [0.2, 0.25) is 0 Å². The van der Waals surface area contributed by atoms with Crippen LogP contribution in [0.1, 0.15) is 23.1 Å². The normalized spacial score (nSPS) is 13.6. The topological polar surface area (TPSA) is 63.8 Å². The quantitative estimate of drug-likeness (QED) is 0.882. The van der Waals surface area contributed by atoms with Gasteiger partial charge in [0.05, 0.1) is 23.1 Å². The third-order valence-corrected chi connectivity index (χ3v) is 2.42. The van der Waals surface area contributed by atoms with Crippen molar-refractivity contribution in [2.75, 3.05) is 0 Å². The molecule has 0 radical (unpaired) electrons. The Bertz CT molecular complexity index is 535. The molecule has 1 N–H and O–H groups in total. The zero-order chi connectivity index (χ0) is 13.3. The minimum atomic E-state index is -4.44. The van der Waals surface area contributed by atoms with Gasteiger partial charge >= 0.3 is 6.18 Å². The number of alkyl halides is 3. The summed E-state index contributed by atoms with van der Waals surface area (Å²) in [6, 6.07) is 2.00. The first-order chi connectivity index (χ1) is 8.39. The van der Waals surface area contributed by atoms with Gasteiger partial charge in [0.15, 0.2) is 0 Å². The molecule has 5 nitrogen and oxygen atoms in total. The minimum Gasteiger partial charge on any atom is -0.380 e. The Balaban J connectivity index is 2.28. The van der Waals surface area contributed by atoms with Crippen molar-refractivity contribution in [1.29, 1.82) is 0 Å². The maximum absolute atomic E-state index is 12.3. The summed E-state index contributed by atoms with van der Waals surface area (Å²) in [6.45, 7) is 0. The molecule has 0 saturated heterocycles. The lowest BCUT2D eigenvalue weighted by Gasteiger charge is -2.11. The molecule has 2 rings (SSSR count). The zero-order valence-corrected chi connectivity index (χ0v) is 9.26. The number of aliphatic hydroxyl groups is 1. The van der Waals surface area contributed by atoms with Gasteiger partial charge in [-0.05, 0) is 12.1 Å². The first-order valence-corrected chi connectivity index (χ1v) is 4.95. The van der Waals surface area contributed by atoms with Crippen molar-refractivity contribution in [2.45, 2.75) is 12.3 Å². The van der Waals surface area contributed by atoms with Gasteiger partial charge in [-0.15, -0.1) is 5.10 Å². The van der Waals surface area contributed by atoms with Crippen molar-refractivity contribution in [3.05, 3.63) is 41.5 Å². The summed E-state index contributed by atoms with van der Waals surface area (Å²) in [5.41, 5.74) is -0.405. The average Bonchev–Trinajstić information content (AvgIpc) is 2.73. The fourth-order valence-corrected chi connectivity index (χ4v) is 1.43. The molecule has 0 aromatic carbocycles. The Morgan fingerprint density at radius 2 is 2.00 bits per heavy atom. The Hall–Kier alpha value is -1.96. The summed E-state index contributed by atoms with van der Waals surface area (Å²) in [5, 5.41) is 17.1. The number of aryl methyl sites for hydroxylation is 1. The summed E-state index contributed by atoms with van der Waals surface area (Å²) in [6.07, 6.45) is -3.59. The van der Waals surface area contributed by atoms with Crippen molar-refractivity contribution in [3.8, 4) is 0 Å². The lowest BCUT2D eigenvalue weighted by atomic mass is 10.1. The molecule has 18 heavy (non-hydrogen) atoms. The van der Waals surface area contributed by atoms with Crippen LogP contribution in [-0.2, 0) is 13.2 Å². The van der Waals surface area contributed by atoms with Gasteiger partial charge in [-0.1, -0.05) is 5.21 Å². The average molecular weight is 258 g/mol. The molecule has 1 unspecified atom stereocenters. The molecule has 0 spiro atoms. The van der Waals surface area contributed by atoms with E-state index in [4.69, 9.17) is 0 Å². The zero-order valence-electron chi connectivity index (χ0n) is 9.26. The lowest BCUT2D eigenvalue weighted by molar-refractivity contribution is -0.137. The highest BCUT2D eigenvalue weighted by molar-refractivity contribution is 5.22. The third-order valence-electron chi connectivity index (χ3n) is 2.42. The summed E-state index contributed by atoms with van der Waals surface area (Å²) < 4.78 is 38.3. The van der Waals surface area contributed by atoms with Crippen LogP contribution in [-0.4, -0.2) is 25.1 Å². The van der Waals surface area contributed by atoms with Gasteiger partial charge in [-0.2, -0.15) is 13.2 Å². The smallest absolute Gasteiger partial charge is 0.380 e. The molecule has 0 fully saturated rings. The predicted molar refractivity (Wildman–Crippen MR) is 54.3 cm³/mol. The maximum atomic E-state index is 12.3. The highest BCUT2D eigenvalue weighted by atomic mass is 19.4. The molecule has 2 heterocycles. The molecule has 2 aromatic heterocycles. The molecule has 0 saturated carbocycles. The fourth-order valence-electron chi connectivity index (χ4n) is 1.43. The first kappa shape index (κ1) is 12.5. The number of rotatable bonds is 2. The standard InChI is InChI=1S/C10H9F3N4O/c1-17-8(5-15-16-17)9(18)7-3-2-6(4-14-7)10(11,12)13/h2-5,9,18H,1H3. The van der Waals surface area contributed by atoms with E-state index in [9.17, 15) is 18.3 Å². The fraction of sp³-hybridized carbons (Fsp3) is 0.300. The van der Waals surface area contributed by atoms with E-state index in [1.54, 1.807) is 7.05 Å². The van der Waals surface area contributed by atoms with Crippen LogP contribution < -0.4 is 0 Å². The van der Waals surface area contributed by atoms with Crippen molar-refractivity contribution >= 4 is 0 Å². The summed E-state index contributed by atoms with van der Waals surface area (Å²) in [5.74, 6) is 0. The molecule has 2 aromatic rings. The second-order valence-electron chi connectivity index (χ2n) is 3.65. The van der Waals surface area contributed by atoms with Crippen LogP contribution in [0.5, 0.6) is 0 Å². The lowest BCUT2D eigenvalue weighted by Crippen LogP contribution is -2.10. The molecule has 0 amide bonds. The molecule has 0 aliphatic heterocycles. The van der Waals surface area contributed by atoms with E-state index < -0.39 is 17.8 Å². The Morgan fingerprint density at radius 1 is 1.28 bits per heavy atom. The number of hydrogen-bond donors (Lipinski definition) is 1. The van der Waals surface area contributed by atoms with Gasteiger partial charge in [-0.3, -0.25) is 4.98 Å². The summed E-state index contributed by atoms with van der Waals surface area (Å²) in [4.78, 5) is 3.60. The number of halogens is 3. The molecule has 0 bridgehead atoms. The van der Waals surface area contributed by atoms with Crippen LogP contribution in [0.2, 0.25) is 0 Å². The van der Waals surface area contributed by atoms with E-state index in [1.165, 1.54) is 10.9 Å². The highest BCUT2D eigenvalue weighted by Gasteiger charge is 2.31. The predicted octanol–water partition coefficient (Wildman–Crippen LogP) is 1.31. The SMILES string of the molecule is Cn1nncc1C(O)c1ccc(C(F)(F)F)cn1. The molecule has 0 aliphatic carbocycles. The second-order valence-corrected chi connectivity index (χ2v) is 3.65. The van der Waals surface area contributed by atoms with Gasteiger partial charge in [0, 0.05) is 13.2 Å². The Labute approximate surface area is 99.9 Å². The van der Waals surface area contributed by atoms with Gasteiger partial charge in [-0.25, -0.2) is 4.68 Å². The summed E-state index contributed by atoms with van der Waals surface area (Å²) >= 11 is 0. The van der Waals surface area contributed by atoms with Crippen molar-refractivity contribution in [3.63, 3.8) is 0 Å². The number of hydrogen-bond acceptors (Lipinski definition) is 4. The largest absolute Gasteiger partial charge is 0.417 e. The molecular formula is C10H9F3N4O. The van der Waals surface area contributed by atoms with Crippen LogP contribution in [0.4, 0.5) is 13.2 Å². The van der Waals surface area contributed by atoms with Gasteiger partial charge < -0.3 is 5.11 Å². The Kier molecular flexibility index (Phi) is 3.04. The molecule has 96 valence electrons. The Morgan fingerprint density at radius 3 is 2.44 bits per heavy atom. The van der Waals surface area contributed by atoms with E-state index in [0.29, 0.717) is 11.9 Å². The van der Waals surface area contributed by atoms with Crippen molar-refractivity contribution in [1.82, 2.24) is 20.0 Å².